The van der Waals surface area contributed by atoms with Gasteiger partial charge in [-0.25, -0.2) is 8.78 Å². The van der Waals surface area contributed by atoms with Crippen molar-refractivity contribution in [2.45, 2.75) is 32.1 Å². The summed E-state index contributed by atoms with van der Waals surface area (Å²) < 4.78 is 26.7. The molecule has 0 aliphatic heterocycles. The van der Waals surface area contributed by atoms with Gasteiger partial charge in [-0.1, -0.05) is 46.8 Å². The predicted octanol–water partition coefficient (Wildman–Crippen LogP) is 5.32. The summed E-state index contributed by atoms with van der Waals surface area (Å²) in [7, 11) is 0. The molecule has 1 aliphatic rings. The summed E-state index contributed by atoms with van der Waals surface area (Å²) in [6, 6.07) is 3.61. The molecule has 0 unspecified atom stereocenters. The fraction of sp³-hybridized carbons (Fsp3) is 0.467. The fourth-order valence-corrected chi connectivity index (χ4v) is 3.18. The summed E-state index contributed by atoms with van der Waals surface area (Å²) in [5.41, 5.74) is 1.54. The maximum atomic E-state index is 13.6. The molecule has 1 saturated carbocycles. The van der Waals surface area contributed by atoms with Gasteiger partial charge in [0.2, 0.25) is 0 Å². The van der Waals surface area contributed by atoms with Gasteiger partial charge in [0.25, 0.3) is 0 Å². The van der Waals surface area contributed by atoms with Gasteiger partial charge in [0, 0.05) is 10.9 Å². The minimum Gasteiger partial charge on any atom is -0.207 e. The van der Waals surface area contributed by atoms with Crippen molar-refractivity contribution in [1.29, 1.82) is 0 Å². The molecule has 2 rings (SSSR count). The van der Waals surface area contributed by atoms with Crippen LogP contribution in [0.15, 0.2) is 23.8 Å². The van der Waals surface area contributed by atoms with Crippen molar-refractivity contribution in [2.75, 3.05) is 5.33 Å². The Balaban J connectivity index is 2.24. The molecule has 1 aromatic carbocycles. The van der Waals surface area contributed by atoms with E-state index in [0.717, 1.165) is 24.2 Å². The highest BCUT2D eigenvalue weighted by molar-refractivity contribution is 9.09. The number of allylic oxidation sites excluding steroid dienone is 1. The molecular weight excluding hydrogens is 298 g/mol. The Morgan fingerprint density at radius 1 is 1.22 bits per heavy atom. The first-order valence-corrected chi connectivity index (χ1v) is 7.54. The second-order valence-corrected chi connectivity index (χ2v) is 5.41. The lowest BCUT2D eigenvalue weighted by Gasteiger charge is -2.23. The molecule has 0 radical (unpaired) electrons. The Morgan fingerprint density at radius 3 is 2.61 bits per heavy atom. The van der Waals surface area contributed by atoms with Crippen LogP contribution in [-0.4, -0.2) is 5.33 Å². The highest BCUT2D eigenvalue weighted by Crippen LogP contribution is 2.32. The average Bonchev–Trinajstić information content (AvgIpc) is 2.41. The molecule has 1 aromatic rings. The number of hydrogen-bond acceptors (Lipinski definition) is 0. The lowest BCUT2D eigenvalue weighted by molar-refractivity contribution is 0.405. The van der Waals surface area contributed by atoms with Gasteiger partial charge in [-0.3, -0.25) is 0 Å². The molecule has 18 heavy (non-hydrogen) atoms. The van der Waals surface area contributed by atoms with Gasteiger partial charge in [-0.05, 0) is 37.0 Å². The zero-order chi connectivity index (χ0) is 13.0. The second kappa shape index (κ2) is 6.46. The molecule has 0 nitrogen and oxygen atoms in total. The second-order valence-electron chi connectivity index (χ2n) is 4.85. The van der Waals surface area contributed by atoms with Crippen molar-refractivity contribution in [3.8, 4) is 0 Å². The van der Waals surface area contributed by atoms with Gasteiger partial charge < -0.3 is 0 Å². The van der Waals surface area contributed by atoms with Crippen LogP contribution in [0.1, 0.15) is 37.7 Å². The van der Waals surface area contributed by atoms with E-state index >= 15 is 0 Å². The van der Waals surface area contributed by atoms with E-state index in [9.17, 15) is 8.78 Å². The van der Waals surface area contributed by atoms with Crippen molar-refractivity contribution in [1.82, 2.24) is 0 Å². The molecule has 0 bridgehead atoms. The van der Waals surface area contributed by atoms with Crippen molar-refractivity contribution in [3.63, 3.8) is 0 Å². The zero-order valence-corrected chi connectivity index (χ0v) is 11.8. The highest BCUT2D eigenvalue weighted by Gasteiger charge is 2.17. The molecule has 98 valence electrons. The van der Waals surface area contributed by atoms with Crippen LogP contribution in [-0.2, 0) is 0 Å². The standard InChI is InChI=1S/C15H17BrF2/c16-10-13(11-4-2-1-3-5-11)8-12-9-14(17)6-7-15(12)18/h6-9,11H,1-5,10H2. The Labute approximate surface area is 115 Å². The molecule has 0 amide bonds. The van der Waals surface area contributed by atoms with Gasteiger partial charge >= 0.3 is 0 Å². The number of hydrogen-bond donors (Lipinski definition) is 0. The summed E-state index contributed by atoms with van der Waals surface area (Å²) in [5.74, 6) is -0.230. The Morgan fingerprint density at radius 2 is 1.94 bits per heavy atom. The minimum absolute atomic E-state index is 0.356. The van der Waals surface area contributed by atoms with E-state index in [1.807, 2.05) is 6.08 Å². The van der Waals surface area contributed by atoms with Crippen LogP contribution in [0.4, 0.5) is 8.78 Å². The normalized spacial score (nSPS) is 18.1. The summed E-state index contributed by atoms with van der Waals surface area (Å²) in [5, 5.41) is 0.730. The van der Waals surface area contributed by atoms with Crippen LogP contribution in [0.2, 0.25) is 0 Å². The number of alkyl halides is 1. The summed E-state index contributed by atoms with van der Waals surface area (Å²) in [4.78, 5) is 0. The quantitative estimate of drug-likeness (QED) is 0.662. The van der Waals surface area contributed by atoms with Crippen molar-refractivity contribution in [3.05, 3.63) is 41.0 Å². The third-order valence-corrected chi connectivity index (χ3v) is 4.23. The molecular formula is C15H17BrF2. The third kappa shape index (κ3) is 3.41. The zero-order valence-electron chi connectivity index (χ0n) is 10.3. The van der Waals surface area contributed by atoms with E-state index in [2.05, 4.69) is 15.9 Å². The molecule has 1 aliphatic carbocycles. The van der Waals surface area contributed by atoms with E-state index in [1.165, 1.54) is 37.0 Å². The van der Waals surface area contributed by atoms with Crippen LogP contribution in [0.25, 0.3) is 6.08 Å². The molecule has 0 saturated heterocycles. The fourth-order valence-electron chi connectivity index (χ4n) is 2.56. The van der Waals surface area contributed by atoms with E-state index in [-0.39, 0.29) is 11.6 Å². The summed E-state index contributed by atoms with van der Waals surface area (Å²) in [6.07, 6.45) is 7.90. The first kappa shape index (κ1) is 13.7. The Kier molecular flexibility index (Phi) is 4.93. The smallest absolute Gasteiger partial charge is 0.130 e. The van der Waals surface area contributed by atoms with Gasteiger partial charge in [0.15, 0.2) is 0 Å². The number of benzene rings is 1. The van der Waals surface area contributed by atoms with Gasteiger partial charge in [0.05, 0.1) is 0 Å². The maximum Gasteiger partial charge on any atom is 0.130 e. The Hall–Kier alpha value is -0.700. The lowest BCUT2D eigenvalue weighted by atomic mass is 9.84. The molecule has 1 fully saturated rings. The molecule has 3 heteroatoms. The largest absolute Gasteiger partial charge is 0.207 e. The number of rotatable bonds is 3. The van der Waals surface area contributed by atoms with Crippen molar-refractivity contribution in [2.24, 2.45) is 5.92 Å². The number of halogens is 3. The van der Waals surface area contributed by atoms with Gasteiger partial charge in [-0.2, -0.15) is 0 Å². The molecule has 0 atom stereocenters. The molecule has 0 heterocycles. The van der Waals surface area contributed by atoms with E-state index < -0.39 is 0 Å². The van der Waals surface area contributed by atoms with E-state index in [0.29, 0.717) is 11.5 Å². The highest BCUT2D eigenvalue weighted by atomic mass is 79.9. The first-order valence-electron chi connectivity index (χ1n) is 6.42. The van der Waals surface area contributed by atoms with Crippen LogP contribution in [0.3, 0.4) is 0 Å². The van der Waals surface area contributed by atoms with E-state index in [1.54, 1.807) is 0 Å². The molecule has 0 aromatic heterocycles. The van der Waals surface area contributed by atoms with Crippen LogP contribution < -0.4 is 0 Å². The monoisotopic (exact) mass is 314 g/mol. The van der Waals surface area contributed by atoms with Gasteiger partial charge in [-0.15, -0.1) is 0 Å². The van der Waals surface area contributed by atoms with Crippen molar-refractivity contribution >= 4 is 22.0 Å². The molecule has 0 N–H and O–H groups in total. The third-order valence-electron chi connectivity index (χ3n) is 3.58. The Bertz CT molecular complexity index is 434. The topological polar surface area (TPSA) is 0 Å². The summed E-state index contributed by atoms with van der Waals surface area (Å²) >= 11 is 3.47. The summed E-state index contributed by atoms with van der Waals surface area (Å²) in [6.45, 7) is 0. The lowest BCUT2D eigenvalue weighted by Crippen LogP contribution is -2.10. The average molecular weight is 315 g/mol. The van der Waals surface area contributed by atoms with Crippen LogP contribution in [0.5, 0.6) is 0 Å². The predicted molar refractivity (Wildman–Crippen MR) is 74.7 cm³/mol. The van der Waals surface area contributed by atoms with Crippen LogP contribution in [0, 0.1) is 17.6 Å². The maximum absolute atomic E-state index is 13.6. The van der Waals surface area contributed by atoms with Crippen molar-refractivity contribution < 1.29 is 8.78 Å². The minimum atomic E-state index is -0.389. The SMILES string of the molecule is Fc1ccc(F)c(C=C(CBr)C2CCCCC2)c1. The van der Waals surface area contributed by atoms with Crippen LogP contribution >= 0.6 is 15.9 Å². The first-order chi connectivity index (χ1) is 8.70. The van der Waals surface area contributed by atoms with E-state index in [4.69, 9.17) is 0 Å². The molecule has 0 spiro atoms. The van der Waals surface area contributed by atoms with Gasteiger partial charge in [0.1, 0.15) is 11.6 Å².